The van der Waals surface area contributed by atoms with E-state index in [1.807, 2.05) is 6.07 Å². The molecule has 2 atom stereocenters. The van der Waals surface area contributed by atoms with Crippen LogP contribution in [-0.2, 0) is 0 Å². The van der Waals surface area contributed by atoms with Crippen molar-refractivity contribution in [2.45, 2.75) is 18.9 Å². The molecule has 78 valence electrons. The Morgan fingerprint density at radius 1 is 1.07 bits per heavy atom. The van der Waals surface area contributed by atoms with Gasteiger partial charge in [-0.2, -0.15) is 11.3 Å². The standard InChI is InChI=1S/C13H15NS/c1-10(11-5-3-2-4-6-11)13(14)12-7-8-15-9-12/h2-10,13H,14H2,1H3. The van der Waals surface area contributed by atoms with Crippen LogP contribution in [-0.4, -0.2) is 0 Å². The van der Waals surface area contributed by atoms with Crippen LogP contribution in [0.15, 0.2) is 47.2 Å². The largest absolute Gasteiger partial charge is 0.323 e. The van der Waals surface area contributed by atoms with Gasteiger partial charge in [-0.05, 0) is 28.0 Å². The van der Waals surface area contributed by atoms with Crippen molar-refractivity contribution in [1.29, 1.82) is 0 Å². The zero-order valence-corrected chi connectivity index (χ0v) is 9.58. The van der Waals surface area contributed by atoms with Gasteiger partial charge in [-0.3, -0.25) is 0 Å². The van der Waals surface area contributed by atoms with Crippen molar-refractivity contribution in [2.75, 3.05) is 0 Å². The lowest BCUT2D eigenvalue weighted by atomic mass is 9.91. The summed E-state index contributed by atoms with van der Waals surface area (Å²) in [5, 5.41) is 4.21. The van der Waals surface area contributed by atoms with Gasteiger partial charge in [0.05, 0.1) is 0 Å². The van der Waals surface area contributed by atoms with Crippen LogP contribution >= 0.6 is 11.3 Å². The monoisotopic (exact) mass is 217 g/mol. The molecular weight excluding hydrogens is 202 g/mol. The fourth-order valence-corrected chi connectivity index (χ4v) is 2.42. The predicted octanol–water partition coefficient (Wildman–Crippen LogP) is 3.55. The first-order chi connectivity index (χ1) is 7.29. The molecule has 0 fully saturated rings. The van der Waals surface area contributed by atoms with Gasteiger partial charge in [-0.25, -0.2) is 0 Å². The molecule has 0 aliphatic rings. The molecule has 0 spiro atoms. The molecule has 2 rings (SSSR count). The summed E-state index contributed by atoms with van der Waals surface area (Å²) in [6.07, 6.45) is 0. The first-order valence-corrected chi connectivity index (χ1v) is 6.06. The summed E-state index contributed by atoms with van der Waals surface area (Å²) in [6.45, 7) is 2.18. The highest BCUT2D eigenvalue weighted by Gasteiger charge is 2.16. The van der Waals surface area contributed by atoms with Gasteiger partial charge in [0.15, 0.2) is 0 Å². The van der Waals surface area contributed by atoms with Gasteiger partial charge in [-0.1, -0.05) is 37.3 Å². The molecule has 0 saturated carbocycles. The Hall–Kier alpha value is -1.12. The maximum Gasteiger partial charge on any atom is 0.0370 e. The van der Waals surface area contributed by atoms with E-state index in [1.165, 1.54) is 11.1 Å². The van der Waals surface area contributed by atoms with Crippen LogP contribution in [0.5, 0.6) is 0 Å². The Morgan fingerprint density at radius 2 is 1.80 bits per heavy atom. The molecule has 0 amide bonds. The van der Waals surface area contributed by atoms with E-state index < -0.39 is 0 Å². The summed E-state index contributed by atoms with van der Waals surface area (Å²) in [4.78, 5) is 0. The lowest BCUT2D eigenvalue weighted by molar-refractivity contribution is 0.600. The number of hydrogen-bond donors (Lipinski definition) is 1. The summed E-state index contributed by atoms with van der Waals surface area (Å²) in [7, 11) is 0. The van der Waals surface area contributed by atoms with Gasteiger partial charge in [0.1, 0.15) is 0 Å². The van der Waals surface area contributed by atoms with Gasteiger partial charge in [0, 0.05) is 12.0 Å². The van der Waals surface area contributed by atoms with E-state index in [-0.39, 0.29) is 6.04 Å². The Bertz CT molecular complexity index is 394. The van der Waals surface area contributed by atoms with Crippen molar-refractivity contribution in [3.8, 4) is 0 Å². The second kappa shape index (κ2) is 4.60. The lowest BCUT2D eigenvalue weighted by Crippen LogP contribution is -2.16. The van der Waals surface area contributed by atoms with Crippen LogP contribution in [0.25, 0.3) is 0 Å². The smallest absolute Gasteiger partial charge is 0.0370 e. The van der Waals surface area contributed by atoms with E-state index in [1.54, 1.807) is 11.3 Å². The number of benzene rings is 1. The molecular formula is C13H15NS. The normalized spacial score (nSPS) is 14.8. The highest BCUT2D eigenvalue weighted by molar-refractivity contribution is 7.07. The average Bonchev–Trinajstić information content (AvgIpc) is 2.82. The van der Waals surface area contributed by atoms with Crippen LogP contribution in [0.4, 0.5) is 0 Å². The molecule has 1 nitrogen and oxygen atoms in total. The van der Waals surface area contributed by atoms with Crippen LogP contribution in [0, 0.1) is 0 Å². The van der Waals surface area contributed by atoms with E-state index in [4.69, 9.17) is 5.73 Å². The Balaban J connectivity index is 2.18. The van der Waals surface area contributed by atoms with E-state index in [9.17, 15) is 0 Å². The Kier molecular flexibility index (Phi) is 3.19. The summed E-state index contributed by atoms with van der Waals surface area (Å²) < 4.78 is 0. The fraction of sp³-hybridized carbons (Fsp3) is 0.231. The van der Waals surface area contributed by atoms with Crippen LogP contribution in [0.3, 0.4) is 0 Å². The van der Waals surface area contributed by atoms with Crippen molar-refractivity contribution in [3.05, 3.63) is 58.3 Å². The third kappa shape index (κ3) is 2.28. The second-order valence-corrected chi connectivity index (χ2v) is 4.56. The van der Waals surface area contributed by atoms with Gasteiger partial charge in [0.25, 0.3) is 0 Å². The molecule has 2 heteroatoms. The quantitative estimate of drug-likeness (QED) is 0.836. The predicted molar refractivity (Wildman–Crippen MR) is 66.1 cm³/mol. The molecule has 1 heterocycles. The van der Waals surface area contributed by atoms with E-state index in [0.29, 0.717) is 5.92 Å². The summed E-state index contributed by atoms with van der Waals surface area (Å²) in [5.74, 6) is 0.362. The molecule has 2 unspecified atom stereocenters. The molecule has 0 aliphatic carbocycles. The van der Waals surface area contributed by atoms with Gasteiger partial charge in [-0.15, -0.1) is 0 Å². The minimum Gasteiger partial charge on any atom is -0.323 e. The van der Waals surface area contributed by atoms with Crippen molar-refractivity contribution in [1.82, 2.24) is 0 Å². The summed E-state index contributed by atoms with van der Waals surface area (Å²) in [6, 6.07) is 12.6. The van der Waals surface area contributed by atoms with Gasteiger partial charge >= 0.3 is 0 Å². The van der Waals surface area contributed by atoms with Crippen LogP contribution in [0.1, 0.15) is 30.0 Å². The van der Waals surface area contributed by atoms with Crippen molar-refractivity contribution < 1.29 is 0 Å². The van der Waals surface area contributed by atoms with Gasteiger partial charge < -0.3 is 5.73 Å². The second-order valence-electron chi connectivity index (χ2n) is 3.78. The third-order valence-electron chi connectivity index (χ3n) is 2.79. The molecule has 0 bridgehead atoms. The number of thiophene rings is 1. The molecule has 2 aromatic rings. The van der Waals surface area contributed by atoms with E-state index >= 15 is 0 Å². The van der Waals surface area contributed by atoms with E-state index in [0.717, 1.165) is 0 Å². The van der Waals surface area contributed by atoms with Crippen molar-refractivity contribution in [2.24, 2.45) is 5.73 Å². The fourth-order valence-electron chi connectivity index (χ4n) is 1.72. The summed E-state index contributed by atoms with van der Waals surface area (Å²) in [5.41, 5.74) is 8.76. The maximum absolute atomic E-state index is 6.22. The van der Waals surface area contributed by atoms with Crippen LogP contribution in [0.2, 0.25) is 0 Å². The molecule has 1 aromatic carbocycles. The van der Waals surface area contributed by atoms with Crippen LogP contribution < -0.4 is 5.73 Å². The topological polar surface area (TPSA) is 26.0 Å². The van der Waals surface area contributed by atoms with Crippen molar-refractivity contribution in [3.63, 3.8) is 0 Å². The van der Waals surface area contributed by atoms with E-state index in [2.05, 4.69) is 48.0 Å². The molecule has 0 radical (unpaired) electrons. The number of rotatable bonds is 3. The Morgan fingerprint density at radius 3 is 2.40 bits per heavy atom. The zero-order valence-electron chi connectivity index (χ0n) is 8.76. The van der Waals surface area contributed by atoms with Gasteiger partial charge in [0.2, 0.25) is 0 Å². The number of hydrogen-bond acceptors (Lipinski definition) is 2. The molecule has 0 aliphatic heterocycles. The minimum atomic E-state index is 0.0960. The molecule has 2 N–H and O–H groups in total. The zero-order chi connectivity index (χ0) is 10.7. The first-order valence-electron chi connectivity index (χ1n) is 5.11. The average molecular weight is 217 g/mol. The van der Waals surface area contributed by atoms with Crippen molar-refractivity contribution >= 4 is 11.3 Å². The molecule has 1 aromatic heterocycles. The minimum absolute atomic E-state index is 0.0960. The summed E-state index contributed by atoms with van der Waals surface area (Å²) >= 11 is 1.70. The molecule has 15 heavy (non-hydrogen) atoms. The highest BCUT2D eigenvalue weighted by atomic mass is 32.1. The third-order valence-corrected chi connectivity index (χ3v) is 3.49. The lowest BCUT2D eigenvalue weighted by Gasteiger charge is -2.19. The Labute approximate surface area is 94.6 Å². The SMILES string of the molecule is CC(c1ccccc1)C(N)c1ccsc1. The number of nitrogens with two attached hydrogens (primary N) is 1. The first kappa shape index (κ1) is 10.4. The molecule has 0 saturated heterocycles. The highest BCUT2D eigenvalue weighted by Crippen LogP contribution is 2.29. The maximum atomic E-state index is 6.22.